The molecule has 12 nitrogen and oxygen atoms in total. The van der Waals surface area contributed by atoms with Gasteiger partial charge < -0.3 is 39.5 Å². The molecule has 0 aliphatic carbocycles. The maximum atomic E-state index is 13.7. The molecule has 3 amide bonds. The van der Waals surface area contributed by atoms with Crippen molar-refractivity contribution in [3.63, 3.8) is 0 Å². The highest BCUT2D eigenvalue weighted by Crippen LogP contribution is 2.38. The van der Waals surface area contributed by atoms with Crippen LogP contribution >= 0.6 is 0 Å². The average Bonchev–Trinajstić information content (AvgIpc) is 3.00. The van der Waals surface area contributed by atoms with E-state index in [-0.39, 0.29) is 12.5 Å². The van der Waals surface area contributed by atoms with Crippen LogP contribution in [0.4, 0.5) is 9.59 Å². The van der Waals surface area contributed by atoms with Crippen LogP contribution in [0.15, 0.2) is 0 Å². The van der Waals surface area contributed by atoms with Crippen LogP contribution < -0.4 is 16.0 Å². The second kappa shape index (κ2) is 15.4. The van der Waals surface area contributed by atoms with Crippen molar-refractivity contribution in [3.8, 4) is 0 Å². The van der Waals surface area contributed by atoms with Gasteiger partial charge >= 0.3 is 25.3 Å². The Morgan fingerprint density at radius 3 is 1.62 bits per heavy atom. The molecule has 3 atom stereocenters. The van der Waals surface area contributed by atoms with Gasteiger partial charge in [0, 0.05) is 12.5 Å². The molecule has 0 unspecified atom stereocenters. The minimum atomic E-state index is -1.16. The van der Waals surface area contributed by atoms with Crippen LogP contribution in [0, 0.1) is 11.8 Å². The van der Waals surface area contributed by atoms with E-state index >= 15 is 0 Å². The van der Waals surface area contributed by atoms with Crippen molar-refractivity contribution in [1.29, 1.82) is 0 Å². The highest BCUT2D eigenvalue weighted by atomic mass is 16.7. The Kier molecular flexibility index (Phi) is 13.8. The molecule has 260 valence electrons. The Morgan fingerprint density at radius 1 is 0.711 bits per heavy atom. The Morgan fingerprint density at radius 2 is 1.18 bits per heavy atom. The first kappa shape index (κ1) is 40.5. The fraction of sp³-hybridized carbons (Fsp3) is 0.875. The molecule has 1 saturated heterocycles. The molecule has 0 aromatic heterocycles. The van der Waals surface area contributed by atoms with Gasteiger partial charge in [-0.15, -0.1) is 0 Å². The summed E-state index contributed by atoms with van der Waals surface area (Å²) >= 11 is 0. The topological polar surface area (TPSA) is 151 Å². The van der Waals surface area contributed by atoms with E-state index in [0.717, 1.165) is 0 Å². The van der Waals surface area contributed by atoms with E-state index < -0.39 is 77.2 Å². The summed E-state index contributed by atoms with van der Waals surface area (Å²) in [6.45, 7) is 27.1. The number of esters is 1. The third-order valence-corrected chi connectivity index (χ3v) is 7.28. The summed E-state index contributed by atoms with van der Waals surface area (Å²) in [6, 6.07) is -2.17. The van der Waals surface area contributed by atoms with Crippen molar-refractivity contribution in [1.82, 2.24) is 16.0 Å². The van der Waals surface area contributed by atoms with Gasteiger partial charge in [-0.3, -0.25) is 4.79 Å². The minimum absolute atomic E-state index is 0.00824. The summed E-state index contributed by atoms with van der Waals surface area (Å²) in [5.41, 5.74) is -3.33. The number of rotatable bonds is 12. The third kappa shape index (κ3) is 14.6. The van der Waals surface area contributed by atoms with E-state index in [1.807, 2.05) is 27.7 Å². The second-order valence-electron chi connectivity index (χ2n) is 16.1. The molecule has 1 fully saturated rings. The third-order valence-electron chi connectivity index (χ3n) is 7.28. The summed E-state index contributed by atoms with van der Waals surface area (Å²) in [4.78, 5) is 52.5. The van der Waals surface area contributed by atoms with Crippen LogP contribution in [-0.4, -0.2) is 77.8 Å². The molecular formula is C32H60BN3O9. The Bertz CT molecular complexity index is 1010. The number of carbonyl (C=O) groups excluding carboxylic acids is 4. The first-order valence-electron chi connectivity index (χ1n) is 16.0. The summed E-state index contributed by atoms with van der Waals surface area (Å²) in [6.07, 6.45) is 0.0708. The molecule has 0 aromatic carbocycles. The summed E-state index contributed by atoms with van der Waals surface area (Å²) < 4.78 is 28.8. The molecule has 1 aliphatic rings. The number of alkyl carbamates (subject to hydrolysis) is 2. The van der Waals surface area contributed by atoms with Gasteiger partial charge in [0.1, 0.15) is 28.9 Å². The normalized spacial score (nSPS) is 18.4. The Hall–Kier alpha value is -2.54. The molecule has 0 radical (unpaired) electrons. The molecule has 0 bridgehead atoms. The van der Waals surface area contributed by atoms with Crippen molar-refractivity contribution in [3.05, 3.63) is 0 Å². The van der Waals surface area contributed by atoms with Crippen LogP contribution in [0.2, 0.25) is 6.32 Å². The average molecular weight is 642 g/mol. The Labute approximate surface area is 271 Å². The first-order valence-corrected chi connectivity index (χ1v) is 16.0. The molecule has 0 saturated carbocycles. The van der Waals surface area contributed by atoms with E-state index in [2.05, 4.69) is 16.0 Å². The fourth-order valence-corrected chi connectivity index (χ4v) is 4.49. The van der Waals surface area contributed by atoms with Crippen LogP contribution in [0.3, 0.4) is 0 Å². The van der Waals surface area contributed by atoms with E-state index in [4.69, 9.17) is 23.5 Å². The zero-order valence-electron chi connectivity index (χ0n) is 30.4. The monoisotopic (exact) mass is 641 g/mol. The SMILES string of the molecule is CC(C)[C@H](NC(=O)OC(C)(C)C)C(=O)N[C@H](C(=O)OC(C)(C)C)[C@H](CCCB1OC(C)(C)C(C)(C)O1)CNC(=O)OC(C)(C)C. The van der Waals surface area contributed by atoms with Gasteiger partial charge in [-0.2, -0.15) is 0 Å². The van der Waals surface area contributed by atoms with Gasteiger partial charge in [0.15, 0.2) is 0 Å². The molecule has 1 aliphatic heterocycles. The number of hydrogen-bond acceptors (Lipinski definition) is 9. The fourth-order valence-electron chi connectivity index (χ4n) is 4.49. The molecule has 45 heavy (non-hydrogen) atoms. The van der Waals surface area contributed by atoms with Gasteiger partial charge in [-0.1, -0.05) is 20.3 Å². The van der Waals surface area contributed by atoms with Crippen molar-refractivity contribution in [2.75, 3.05) is 6.54 Å². The van der Waals surface area contributed by atoms with Gasteiger partial charge in [-0.25, -0.2) is 14.4 Å². The van der Waals surface area contributed by atoms with Crippen molar-refractivity contribution >= 4 is 31.2 Å². The smallest absolute Gasteiger partial charge is 0.457 e. The van der Waals surface area contributed by atoms with Gasteiger partial charge in [-0.05, 0) is 109 Å². The molecule has 1 heterocycles. The maximum absolute atomic E-state index is 13.7. The van der Waals surface area contributed by atoms with E-state index in [9.17, 15) is 19.2 Å². The van der Waals surface area contributed by atoms with Crippen LogP contribution in [-0.2, 0) is 33.1 Å². The standard InChI is InChI=1S/C32H60BN3O9/c1-20(2)22(36-27(40)43-30(9,10)11)24(37)35-23(25(38)41-28(3,4)5)21(19-34-26(39)42-29(6,7)8)17-16-18-33-44-31(12,13)32(14,15)45-33/h20-23H,16-19H2,1-15H3,(H,34,39)(H,35,37)(H,36,40)/t21-,22+,23+/m1/s1. The maximum Gasteiger partial charge on any atom is 0.457 e. The number of amides is 3. The number of nitrogens with one attached hydrogen (secondary N) is 3. The van der Waals surface area contributed by atoms with Crippen molar-refractivity contribution in [2.24, 2.45) is 11.8 Å². The molecule has 1 rings (SSSR count). The molecule has 0 spiro atoms. The van der Waals surface area contributed by atoms with Gasteiger partial charge in [0.05, 0.1) is 11.2 Å². The second-order valence-corrected chi connectivity index (χ2v) is 16.1. The zero-order chi connectivity index (χ0) is 35.2. The quantitative estimate of drug-likeness (QED) is 0.145. The van der Waals surface area contributed by atoms with Crippen LogP contribution in [0.1, 0.15) is 117 Å². The van der Waals surface area contributed by atoms with Crippen molar-refractivity contribution in [2.45, 2.75) is 163 Å². The molecule has 13 heteroatoms. The van der Waals surface area contributed by atoms with Crippen LogP contribution in [0.25, 0.3) is 0 Å². The first-order chi connectivity index (χ1) is 20.1. The van der Waals surface area contributed by atoms with Gasteiger partial charge in [0.25, 0.3) is 0 Å². The highest BCUT2D eigenvalue weighted by Gasteiger charge is 2.50. The summed E-state index contributed by atoms with van der Waals surface area (Å²) in [7, 11) is -0.451. The molecule has 3 N–H and O–H groups in total. The predicted molar refractivity (Wildman–Crippen MR) is 174 cm³/mol. The lowest BCUT2D eigenvalue weighted by Gasteiger charge is -2.32. The number of hydrogen-bond donors (Lipinski definition) is 3. The van der Waals surface area contributed by atoms with E-state index in [0.29, 0.717) is 19.2 Å². The largest absolute Gasteiger partial charge is 0.458 e. The summed E-state index contributed by atoms with van der Waals surface area (Å²) in [5.74, 6) is -2.19. The predicted octanol–water partition coefficient (Wildman–Crippen LogP) is 5.38. The lowest BCUT2D eigenvalue weighted by atomic mass is 9.80. The number of carbonyl (C=O) groups is 4. The van der Waals surface area contributed by atoms with Crippen LogP contribution in [0.5, 0.6) is 0 Å². The van der Waals surface area contributed by atoms with E-state index in [1.54, 1.807) is 76.2 Å². The minimum Gasteiger partial charge on any atom is -0.458 e. The lowest BCUT2D eigenvalue weighted by molar-refractivity contribution is -0.160. The van der Waals surface area contributed by atoms with Gasteiger partial charge in [0.2, 0.25) is 5.91 Å². The Balaban J connectivity index is 3.31. The molecular weight excluding hydrogens is 581 g/mol. The number of ether oxygens (including phenoxy) is 3. The summed E-state index contributed by atoms with van der Waals surface area (Å²) in [5, 5.41) is 8.21. The molecule has 0 aromatic rings. The van der Waals surface area contributed by atoms with E-state index in [1.165, 1.54) is 0 Å². The zero-order valence-corrected chi connectivity index (χ0v) is 30.4. The van der Waals surface area contributed by atoms with Crippen molar-refractivity contribution < 1.29 is 42.7 Å². The lowest BCUT2D eigenvalue weighted by Crippen LogP contribution is -2.58. The highest BCUT2D eigenvalue weighted by molar-refractivity contribution is 6.45.